The minimum absolute atomic E-state index is 0.0504. The van der Waals surface area contributed by atoms with Crippen LogP contribution in [0.5, 0.6) is 0 Å². The van der Waals surface area contributed by atoms with Crippen LogP contribution in [-0.4, -0.2) is 49.3 Å². The van der Waals surface area contributed by atoms with Crippen LogP contribution in [0, 0.1) is 0 Å². The number of phosphoric acid groups is 1. The Bertz CT molecular complexity index is 1460. The molecule has 0 radical (unpaired) electrons. The quantitative estimate of drug-likeness (QED) is 0.0264. The first-order valence-corrected chi connectivity index (χ1v) is 32.9. The highest BCUT2D eigenvalue weighted by Crippen LogP contribution is 2.43. The van der Waals surface area contributed by atoms with Crippen LogP contribution in [0.15, 0.2) is 72.9 Å². The Morgan fingerprint density at radius 3 is 1.09 bits per heavy atom. The Kier molecular flexibility index (Phi) is 58.6. The number of carbonyl (C=O) groups is 2. The molecule has 2 atom stereocenters. The van der Waals surface area contributed by atoms with E-state index in [1.165, 1.54) is 186 Å². The molecule has 0 aliphatic carbocycles. The van der Waals surface area contributed by atoms with Gasteiger partial charge in [-0.2, -0.15) is 0 Å². The largest absolute Gasteiger partial charge is 0.472 e. The minimum Gasteiger partial charge on any atom is -0.462 e. The minimum atomic E-state index is -4.39. The second-order valence-electron chi connectivity index (χ2n) is 20.9. The summed E-state index contributed by atoms with van der Waals surface area (Å²) in [4.78, 5) is 35.2. The number of phosphoric ester groups is 1. The molecule has 0 aliphatic rings. The molecule has 0 aromatic rings. The van der Waals surface area contributed by atoms with Gasteiger partial charge in [0.05, 0.1) is 13.2 Å². The lowest BCUT2D eigenvalue weighted by Crippen LogP contribution is -2.29. The van der Waals surface area contributed by atoms with Crippen molar-refractivity contribution in [3.63, 3.8) is 0 Å². The van der Waals surface area contributed by atoms with E-state index in [-0.39, 0.29) is 38.6 Å². The molecule has 0 aromatic carbocycles. The number of unbranched alkanes of at least 4 members (excludes halogenated alkanes) is 34. The zero-order valence-electron chi connectivity index (χ0n) is 48.8. The first-order chi connectivity index (χ1) is 36.8. The van der Waals surface area contributed by atoms with Crippen LogP contribution in [0.25, 0.3) is 0 Å². The van der Waals surface area contributed by atoms with Crippen LogP contribution >= 0.6 is 7.82 Å². The Morgan fingerprint density at radius 2 is 0.733 bits per heavy atom. The van der Waals surface area contributed by atoms with Gasteiger partial charge in [-0.25, -0.2) is 4.57 Å². The van der Waals surface area contributed by atoms with Crippen molar-refractivity contribution in [2.45, 2.75) is 302 Å². The molecule has 2 unspecified atom stereocenters. The van der Waals surface area contributed by atoms with Crippen molar-refractivity contribution in [2.24, 2.45) is 5.73 Å². The Hall–Kier alpha value is -2.55. The zero-order valence-corrected chi connectivity index (χ0v) is 49.7. The van der Waals surface area contributed by atoms with Gasteiger partial charge in [0.15, 0.2) is 6.10 Å². The van der Waals surface area contributed by atoms with Crippen molar-refractivity contribution in [2.75, 3.05) is 26.4 Å². The second-order valence-corrected chi connectivity index (χ2v) is 22.3. The van der Waals surface area contributed by atoms with Crippen molar-refractivity contribution in [1.29, 1.82) is 0 Å². The van der Waals surface area contributed by atoms with Crippen LogP contribution in [0.4, 0.5) is 0 Å². The average Bonchev–Trinajstić information content (AvgIpc) is 3.40. The van der Waals surface area contributed by atoms with E-state index in [0.717, 1.165) is 77.0 Å². The summed E-state index contributed by atoms with van der Waals surface area (Å²) in [7, 11) is -4.39. The van der Waals surface area contributed by atoms with Gasteiger partial charge in [0.2, 0.25) is 0 Å². The van der Waals surface area contributed by atoms with Crippen molar-refractivity contribution >= 4 is 19.8 Å². The Balaban J connectivity index is 3.87. The fraction of sp³-hybridized carbons (Fsp3) is 0.785. The maximum absolute atomic E-state index is 12.7. The van der Waals surface area contributed by atoms with Gasteiger partial charge in [0.1, 0.15) is 6.61 Å². The SMILES string of the molecule is CC/C=C\C/C=C\C/C=C\C/C=C\CCCCCCCCCCC(=O)OC(COC(=O)CCCCCCCCCCCCCCCCCCCCCCC/C=C\C/C=C\CCCCCCC)COP(=O)(O)OCCN. The smallest absolute Gasteiger partial charge is 0.462 e. The maximum atomic E-state index is 12.7. The van der Waals surface area contributed by atoms with Gasteiger partial charge in [0.25, 0.3) is 0 Å². The third kappa shape index (κ3) is 60.5. The first kappa shape index (κ1) is 72.5. The highest BCUT2D eigenvalue weighted by molar-refractivity contribution is 7.47. The fourth-order valence-corrected chi connectivity index (χ4v) is 9.72. The molecule has 436 valence electrons. The van der Waals surface area contributed by atoms with Crippen LogP contribution in [0.2, 0.25) is 0 Å². The number of ether oxygens (including phenoxy) is 2. The highest BCUT2D eigenvalue weighted by Gasteiger charge is 2.26. The number of allylic oxidation sites excluding steroid dienone is 12. The number of hydrogen-bond donors (Lipinski definition) is 2. The number of esters is 2. The van der Waals surface area contributed by atoms with Gasteiger partial charge < -0.3 is 20.1 Å². The summed E-state index contributed by atoms with van der Waals surface area (Å²) >= 11 is 0. The lowest BCUT2D eigenvalue weighted by molar-refractivity contribution is -0.161. The summed E-state index contributed by atoms with van der Waals surface area (Å²) in [6.45, 7) is 3.64. The summed E-state index contributed by atoms with van der Waals surface area (Å²) in [5.74, 6) is -0.828. The first-order valence-electron chi connectivity index (χ1n) is 31.4. The standard InChI is InChI=1S/C65H118NO8P/c1-3-5-7-9-11-13-15-17-19-21-23-25-26-27-28-29-30-31-32-33-34-35-36-38-39-41-43-45-47-49-51-53-55-57-64(67)71-61-63(62-73-75(69,70)72-60-59-66)74-65(68)58-56-54-52-50-48-46-44-42-40-37-24-22-20-18-16-14-12-10-8-6-4-2/h6,8,12,14-15,17-18,20-21,23-24,37,63H,3-5,7,9-11,13,16,19,22,25-36,38-62,66H2,1-2H3,(H,69,70)/b8-6-,14-12-,17-15-,20-18-,23-21-,37-24-. The molecule has 0 bridgehead atoms. The lowest BCUT2D eigenvalue weighted by Gasteiger charge is -2.19. The summed E-state index contributed by atoms with van der Waals surface area (Å²) in [5, 5.41) is 0. The van der Waals surface area contributed by atoms with Gasteiger partial charge >= 0.3 is 19.8 Å². The molecule has 0 saturated heterocycles. The van der Waals surface area contributed by atoms with Gasteiger partial charge in [0, 0.05) is 19.4 Å². The Labute approximate surface area is 462 Å². The third-order valence-electron chi connectivity index (χ3n) is 13.6. The number of carbonyl (C=O) groups excluding carboxylic acids is 2. The van der Waals surface area contributed by atoms with E-state index in [4.69, 9.17) is 24.3 Å². The Morgan fingerprint density at radius 1 is 0.413 bits per heavy atom. The molecule has 0 aromatic heterocycles. The molecular formula is C65H118NO8P. The molecule has 0 rings (SSSR count). The average molecular weight is 1070 g/mol. The maximum Gasteiger partial charge on any atom is 0.472 e. The van der Waals surface area contributed by atoms with Gasteiger partial charge in [-0.3, -0.25) is 18.6 Å². The molecule has 0 spiro atoms. The highest BCUT2D eigenvalue weighted by atomic mass is 31.2. The predicted molar refractivity (Wildman–Crippen MR) is 321 cm³/mol. The molecule has 0 fully saturated rings. The lowest BCUT2D eigenvalue weighted by atomic mass is 10.0. The van der Waals surface area contributed by atoms with E-state index in [2.05, 4.69) is 86.8 Å². The van der Waals surface area contributed by atoms with Crippen molar-refractivity contribution in [1.82, 2.24) is 0 Å². The number of hydrogen-bond acceptors (Lipinski definition) is 8. The molecule has 0 aliphatic heterocycles. The van der Waals surface area contributed by atoms with Crippen molar-refractivity contribution in [3.05, 3.63) is 72.9 Å². The zero-order chi connectivity index (χ0) is 54.5. The van der Waals surface area contributed by atoms with Gasteiger partial charge in [-0.1, -0.05) is 273 Å². The monoisotopic (exact) mass is 1070 g/mol. The molecule has 10 heteroatoms. The van der Waals surface area contributed by atoms with Crippen molar-refractivity contribution < 1.29 is 37.6 Å². The van der Waals surface area contributed by atoms with Gasteiger partial charge in [-0.05, 0) is 83.5 Å². The summed E-state index contributed by atoms with van der Waals surface area (Å²) in [5.41, 5.74) is 5.39. The summed E-state index contributed by atoms with van der Waals surface area (Å²) in [6.07, 6.45) is 78.4. The molecule has 0 heterocycles. The van der Waals surface area contributed by atoms with E-state index in [1.54, 1.807) is 0 Å². The third-order valence-corrected chi connectivity index (χ3v) is 14.6. The second kappa shape index (κ2) is 60.7. The van der Waals surface area contributed by atoms with Crippen LogP contribution in [0.1, 0.15) is 296 Å². The topological polar surface area (TPSA) is 134 Å². The van der Waals surface area contributed by atoms with E-state index in [0.29, 0.717) is 6.42 Å². The molecule has 3 N–H and O–H groups in total. The van der Waals surface area contributed by atoms with E-state index >= 15 is 0 Å². The normalized spacial score (nSPS) is 13.5. The van der Waals surface area contributed by atoms with Crippen LogP contribution in [0.3, 0.4) is 0 Å². The van der Waals surface area contributed by atoms with Crippen LogP contribution < -0.4 is 5.73 Å². The molecule has 9 nitrogen and oxygen atoms in total. The molecule has 75 heavy (non-hydrogen) atoms. The van der Waals surface area contributed by atoms with E-state index < -0.39 is 26.5 Å². The summed E-state index contributed by atoms with van der Waals surface area (Å²) in [6, 6.07) is 0. The molecule has 0 saturated carbocycles. The van der Waals surface area contributed by atoms with E-state index in [1.807, 2.05) is 0 Å². The van der Waals surface area contributed by atoms with E-state index in [9.17, 15) is 19.0 Å². The molecule has 0 amide bonds. The van der Waals surface area contributed by atoms with Gasteiger partial charge in [-0.15, -0.1) is 0 Å². The fourth-order valence-electron chi connectivity index (χ4n) is 8.95. The predicted octanol–water partition coefficient (Wildman–Crippen LogP) is 20.1. The van der Waals surface area contributed by atoms with Crippen LogP contribution in [-0.2, 0) is 32.7 Å². The molecular weight excluding hydrogens is 954 g/mol. The van der Waals surface area contributed by atoms with Crippen molar-refractivity contribution in [3.8, 4) is 0 Å². The number of rotatable bonds is 59. The number of nitrogens with two attached hydrogens (primary N) is 1. The summed E-state index contributed by atoms with van der Waals surface area (Å²) < 4.78 is 33.1.